The van der Waals surface area contributed by atoms with Crippen molar-refractivity contribution in [2.24, 2.45) is 5.73 Å². The van der Waals surface area contributed by atoms with E-state index in [2.05, 4.69) is 12.2 Å². The van der Waals surface area contributed by atoms with E-state index in [9.17, 15) is 15.0 Å². The van der Waals surface area contributed by atoms with Gasteiger partial charge in [-0.2, -0.15) is 0 Å². The SMILES string of the molecule is CCCCCCCCO[C@@H]1O[C@H](CO)[C@@H](N)[C@H](O)[C@H]1NC(C)=O. The van der Waals surface area contributed by atoms with Gasteiger partial charge in [0, 0.05) is 13.5 Å². The molecule has 0 aliphatic carbocycles. The highest BCUT2D eigenvalue weighted by Gasteiger charge is 2.44. The molecule has 0 saturated carbocycles. The zero-order valence-electron chi connectivity index (χ0n) is 14.2. The normalized spacial score (nSPS) is 31.1. The van der Waals surface area contributed by atoms with E-state index in [1.807, 2.05) is 0 Å². The molecular formula is C16H32N2O5. The Kier molecular flexibility index (Phi) is 9.66. The van der Waals surface area contributed by atoms with E-state index >= 15 is 0 Å². The first-order valence-electron chi connectivity index (χ1n) is 8.60. The molecule has 23 heavy (non-hydrogen) atoms. The Labute approximate surface area is 138 Å². The highest BCUT2D eigenvalue weighted by Crippen LogP contribution is 2.21. The van der Waals surface area contributed by atoms with Crippen LogP contribution in [0.2, 0.25) is 0 Å². The van der Waals surface area contributed by atoms with Crippen molar-refractivity contribution in [1.29, 1.82) is 0 Å². The molecule has 1 amide bonds. The molecule has 0 aromatic carbocycles. The Morgan fingerprint density at radius 3 is 2.52 bits per heavy atom. The third kappa shape index (κ3) is 6.73. The number of ether oxygens (including phenoxy) is 2. The predicted molar refractivity (Wildman–Crippen MR) is 86.7 cm³/mol. The van der Waals surface area contributed by atoms with Gasteiger partial charge in [-0.25, -0.2) is 0 Å². The van der Waals surface area contributed by atoms with Gasteiger partial charge in [-0.15, -0.1) is 0 Å². The van der Waals surface area contributed by atoms with E-state index in [-0.39, 0.29) is 12.5 Å². The van der Waals surface area contributed by atoms with E-state index in [1.54, 1.807) is 0 Å². The zero-order valence-corrected chi connectivity index (χ0v) is 14.2. The summed E-state index contributed by atoms with van der Waals surface area (Å²) in [6.45, 7) is 3.72. The van der Waals surface area contributed by atoms with Gasteiger partial charge in [-0.1, -0.05) is 39.0 Å². The molecule has 5 N–H and O–H groups in total. The maximum Gasteiger partial charge on any atom is 0.217 e. The fraction of sp³-hybridized carbons (Fsp3) is 0.938. The molecule has 1 rings (SSSR count). The molecule has 136 valence electrons. The first-order valence-corrected chi connectivity index (χ1v) is 8.60. The molecule has 1 aliphatic rings. The van der Waals surface area contributed by atoms with Gasteiger partial charge in [0.05, 0.1) is 18.8 Å². The van der Waals surface area contributed by atoms with Crippen molar-refractivity contribution in [3.05, 3.63) is 0 Å². The molecule has 7 heteroatoms. The molecule has 0 aromatic heterocycles. The van der Waals surface area contributed by atoms with Gasteiger partial charge in [0.15, 0.2) is 6.29 Å². The average Bonchev–Trinajstić information content (AvgIpc) is 2.52. The van der Waals surface area contributed by atoms with Gasteiger partial charge in [-0.05, 0) is 6.42 Å². The van der Waals surface area contributed by atoms with E-state index in [0.717, 1.165) is 12.8 Å². The van der Waals surface area contributed by atoms with Crippen molar-refractivity contribution >= 4 is 5.91 Å². The third-order valence-electron chi connectivity index (χ3n) is 4.12. The number of amides is 1. The summed E-state index contributed by atoms with van der Waals surface area (Å²) in [6, 6.07) is -1.50. The van der Waals surface area contributed by atoms with Crippen molar-refractivity contribution in [2.75, 3.05) is 13.2 Å². The number of unbranched alkanes of at least 4 members (excludes halogenated alkanes) is 5. The molecule has 0 radical (unpaired) electrons. The lowest BCUT2D eigenvalue weighted by Gasteiger charge is -2.42. The van der Waals surface area contributed by atoms with Crippen LogP contribution >= 0.6 is 0 Å². The number of nitrogens with two attached hydrogens (primary N) is 1. The summed E-state index contributed by atoms with van der Waals surface area (Å²) >= 11 is 0. The predicted octanol–water partition coefficient (Wildman–Crippen LogP) is 0.274. The molecule has 5 atom stereocenters. The van der Waals surface area contributed by atoms with Gasteiger partial charge >= 0.3 is 0 Å². The second-order valence-corrected chi connectivity index (χ2v) is 6.16. The molecule has 1 saturated heterocycles. The summed E-state index contributed by atoms with van der Waals surface area (Å²) in [4.78, 5) is 11.3. The fourth-order valence-electron chi connectivity index (χ4n) is 2.75. The molecular weight excluding hydrogens is 300 g/mol. The summed E-state index contributed by atoms with van der Waals surface area (Å²) in [7, 11) is 0. The second-order valence-electron chi connectivity index (χ2n) is 6.16. The lowest BCUT2D eigenvalue weighted by Crippen LogP contribution is -2.67. The zero-order chi connectivity index (χ0) is 17.2. The molecule has 1 aliphatic heterocycles. The van der Waals surface area contributed by atoms with E-state index in [4.69, 9.17) is 15.2 Å². The number of hydrogen-bond donors (Lipinski definition) is 4. The average molecular weight is 332 g/mol. The van der Waals surface area contributed by atoms with Gasteiger partial charge in [0.1, 0.15) is 12.1 Å². The second kappa shape index (κ2) is 10.9. The lowest BCUT2D eigenvalue weighted by molar-refractivity contribution is -0.243. The van der Waals surface area contributed by atoms with Crippen molar-refractivity contribution in [3.8, 4) is 0 Å². The quantitative estimate of drug-likeness (QED) is 0.427. The topological polar surface area (TPSA) is 114 Å². The standard InChI is InChI=1S/C16H32N2O5/c1-3-4-5-6-7-8-9-22-16-14(18-11(2)20)15(21)13(17)12(10-19)23-16/h12-16,19,21H,3-10,17H2,1-2H3,(H,18,20)/t12-,13-,14-,15+,16-/m1/s1. The monoisotopic (exact) mass is 332 g/mol. The van der Waals surface area contributed by atoms with Crippen LogP contribution in [-0.4, -0.2) is 59.9 Å². The van der Waals surface area contributed by atoms with Crippen molar-refractivity contribution in [2.45, 2.75) is 83.0 Å². The van der Waals surface area contributed by atoms with E-state index in [0.29, 0.717) is 6.61 Å². The van der Waals surface area contributed by atoms with Crippen molar-refractivity contribution < 1.29 is 24.5 Å². The smallest absolute Gasteiger partial charge is 0.217 e. The maximum atomic E-state index is 11.3. The first kappa shape index (κ1) is 20.3. The minimum absolute atomic E-state index is 0.291. The summed E-state index contributed by atoms with van der Waals surface area (Å²) in [6.07, 6.45) is 4.29. The molecule has 1 heterocycles. The number of aliphatic hydroxyl groups excluding tert-OH is 2. The number of carbonyl (C=O) groups excluding carboxylic acids is 1. The Bertz CT molecular complexity index is 342. The number of carbonyl (C=O) groups is 1. The summed E-state index contributed by atoms with van der Waals surface area (Å²) in [5.41, 5.74) is 5.84. The van der Waals surface area contributed by atoms with Crippen LogP contribution in [0.25, 0.3) is 0 Å². The molecule has 0 spiro atoms. The number of aliphatic hydroxyl groups is 2. The van der Waals surface area contributed by atoms with Crippen LogP contribution in [0.15, 0.2) is 0 Å². The highest BCUT2D eigenvalue weighted by atomic mass is 16.7. The molecule has 0 unspecified atom stereocenters. The Balaban J connectivity index is 2.45. The van der Waals surface area contributed by atoms with Crippen LogP contribution < -0.4 is 11.1 Å². The van der Waals surface area contributed by atoms with Crippen molar-refractivity contribution in [3.63, 3.8) is 0 Å². The van der Waals surface area contributed by atoms with Crippen LogP contribution in [0, 0.1) is 0 Å². The molecule has 0 aromatic rings. The minimum Gasteiger partial charge on any atom is -0.394 e. The van der Waals surface area contributed by atoms with Crippen LogP contribution in [0.5, 0.6) is 0 Å². The van der Waals surface area contributed by atoms with Crippen LogP contribution in [-0.2, 0) is 14.3 Å². The lowest BCUT2D eigenvalue weighted by atomic mass is 9.95. The number of hydrogen-bond acceptors (Lipinski definition) is 6. The van der Waals surface area contributed by atoms with Crippen LogP contribution in [0.4, 0.5) is 0 Å². The molecule has 1 fully saturated rings. The summed E-state index contributed by atoms with van der Waals surface area (Å²) < 4.78 is 11.3. The van der Waals surface area contributed by atoms with Crippen LogP contribution in [0.1, 0.15) is 52.4 Å². The minimum atomic E-state index is -1.03. The maximum absolute atomic E-state index is 11.3. The Hall–Kier alpha value is -0.730. The van der Waals surface area contributed by atoms with Crippen LogP contribution in [0.3, 0.4) is 0 Å². The van der Waals surface area contributed by atoms with E-state index < -0.39 is 30.6 Å². The third-order valence-corrected chi connectivity index (χ3v) is 4.12. The first-order chi connectivity index (χ1) is 11.0. The molecule has 0 bridgehead atoms. The highest BCUT2D eigenvalue weighted by molar-refractivity contribution is 5.73. The summed E-state index contributed by atoms with van der Waals surface area (Å²) in [5.74, 6) is -0.291. The van der Waals surface area contributed by atoms with Crippen molar-refractivity contribution in [1.82, 2.24) is 5.32 Å². The van der Waals surface area contributed by atoms with Gasteiger partial charge in [0.2, 0.25) is 5.91 Å². The van der Waals surface area contributed by atoms with Gasteiger partial charge in [-0.3, -0.25) is 4.79 Å². The van der Waals surface area contributed by atoms with E-state index in [1.165, 1.54) is 32.6 Å². The Morgan fingerprint density at radius 2 is 1.91 bits per heavy atom. The molecule has 7 nitrogen and oxygen atoms in total. The fourth-order valence-corrected chi connectivity index (χ4v) is 2.75. The Morgan fingerprint density at radius 1 is 1.26 bits per heavy atom. The summed E-state index contributed by atoms with van der Waals surface area (Å²) in [5, 5.41) is 22.2. The van der Waals surface area contributed by atoms with Gasteiger partial charge < -0.3 is 30.7 Å². The number of rotatable bonds is 10. The largest absolute Gasteiger partial charge is 0.394 e. The number of nitrogens with one attached hydrogen (secondary N) is 1. The van der Waals surface area contributed by atoms with Gasteiger partial charge in [0.25, 0.3) is 0 Å².